The number of piperidine rings is 1. The summed E-state index contributed by atoms with van der Waals surface area (Å²) >= 11 is 0. The van der Waals surface area contributed by atoms with Crippen LogP contribution in [0.25, 0.3) is 11.4 Å². The zero-order valence-electron chi connectivity index (χ0n) is 18.9. The average Bonchev–Trinajstić information content (AvgIpc) is 3.20. The van der Waals surface area contributed by atoms with E-state index in [1.165, 1.54) is 4.90 Å². The summed E-state index contributed by atoms with van der Waals surface area (Å²) in [4.78, 5) is 7.37. The fourth-order valence-corrected chi connectivity index (χ4v) is 4.30. The maximum Gasteiger partial charge on any atom is 0.420 e. The van der Waals surface area contributed by atoms with Crippen LogP contribution < -0.4 is 9.80 Å². The molecule has 0 aromatic carbocycles. The van der Waals surface area contributed by atoms with E-state index in [1.54, 1.807) is 17.9 Å². The summed E-state index contributed by atoms with van der Waals surface area (Å²) in [5.74, 6) is -0.488. The molecular formula is C22H25F4N7. The van der Waals surface area contributed by atoms with Crippen molar-refractivity contribution in [1.82, 2.24) is 25.0 Å². The summed E-state index contributed by atoms with van der Waals surface area (Å²) in [7, 11) is 3.43. The van der Waals surface area contributed by atoms with Crippen molar-refractivity contribution in [2.75, 3.05) is 29.9 Å². The van der Waals surface area contributed by atoms with Gasteiger partial charge in [0.1, 0.15) is 22.9 Å². The van der Waals surface area contributed by atoms with Crippen molar-refractivity contribution < 1.29 is 17.6 Å². The zero-order valence-corrected chi connectivity index (χ0v) is 18.9. The fraction of sp³-hybridized carbons (Fsp3) is 0.455. The highest BCUT2D eigenvalue weighted by atomic mass is 19.4. The van der Waals surface area contributed by atoms with Gasteiger partial charge in [0.2, 0.25) is 0 Å². The summed E-state index contributed by atoms with van der Waals surface area (Å²) in [6, 6.07) is 2.22. The second-order valence-electron chi connectivity index (χ2n) is 8.31. The number of hydrogen-bond acceptors (Lipinski definition) is 6. The molecule has 7 nitrogen and oxygen atoms in total. The first-order valence-corrected chi connectivity index (χ1v) is 10.6. The van der Waals surface area contributed by atoms with Gasteiger partial charge >= 0.3 is 6.18 Å². The van der Waals surface area contributed by atoms with Crippen LogP contribution in [0.15, 0.2) is 24.5 Å². The van der Waals surface area contributed by atoms with E-state index in [0.29, 0.717) is 32.0 Å². The number of pyridine rings is 1. The molecule has 1 aliphatic heterocycles. The van der Waals surface area contributed by atoms with E-state index in [9.17, 15) is 17.6 Å². The quantitative estimate of drug-likeness (QED) is 0.542. The van der Waals surface area contributed by atoms with Crippen molar-refractivity contribution in [3.63, 3.8) is 0 Å². The van der Waals surface area contributed by atoms with Crippen molar-refractivity contribution in [1.29, 1.82) is 0 Å². The number of hydrogen-bond donors (Lipinski definition) is 0. The Bertz CT molecular complexity index is 1150. The lowest BCUT2D eigenvalue weighted by atomic mass is 10.0. The summed E-state index contributed by atoms with van der Waals surface area (Å²) in [6.07, 6.45) is -0.935. The Labute approximate surface area is 189 Å². The number of aromatic nitrogens is 5. The predicted molar refractivity (Wildman–Crippen MR) is 117 cm³/mol. The molecule has 1 aliphatic rings. The van der Waals surface area contributed by atoms with Crippen LogP contribution in [0.1, 0.15) is 29.5 Å². The van der Waals surface area contributed by atoms with Crippen LogP contribution in [0.2, 0.25) is 0 Å². The molecule has 3 aromatic rings. The molecular weight excluding hydrogens is 438 g/mol. The first kappa shape index (κ1) is 22.9. The molecule has 0 bridgehead atoms. The molecule has 1 fully saturated rings. The number of aryl methyl sites for hydroxylation is 1. The van der Waals surface area contributed by atoms with Gasteiger partial charge < -0.3 is 9.80 Å². The third-order valence-corrected chi connectivity index (χ3v) is 6.35. The van der Waals surface area contributed by atoms with Crippen LogP contribution >= 0.6 is 0 Å². The fourth-order valence-electron chi connectivity index (χ4n) is 4.30. The van der Waals surface area contributed by atoms with Crippen LogP contribution in [0.5, 0.6) is 0 Å². The number of nitrogens with zero attached hydrogens (tertiary/aromatic N) is 7. The normalized spacial score (nSPS) is 15.2. The molecule has 3 aromatic heterocycles. The number of anilines is 2. The minimum absolute atomic E-state index is 0.164. The van der Waals surface area contributed by atoms with E-state index in [-0.39, 0.29) is 11.9 Å². The van der Waals surface area contributed by atoms with Crippen molar-refractivity contribution in [3.8, 4) is 11.4 Å². The smallest absolute Gasteiger partial charge is 0.356 e. The predicted octanol–water partition coefficient (Wildman–Crippen LogP) is 4.15. The van der Waals surface area contributed by atoms with Gasteiger partial charge in [-0.3, -0.25) is 4.68 Å². The van der Waals surface area contributed by atoms with Crippen molar-refractivity contribution in [2.24, 2.45) is 7.05 Å². The topological polar surface area (TPSA) is 63.0 Å². The summed E-state index contributed by atoms with van der Waals surface area (Å²) in [6.45, 7) is 5.21. The summed E-state index contributed by atoms with van der Waals surface area (Å²) in [5, 5.41) is 13.1. The van der Waals surface area contributed by atoms with Gasteiger partial charge in [0, 0.05) is 39.4 Å². The second kappa shape index (κ2) is 8.60. The monoisotopic (exact) mass is 463 g/mol. The lowest BCUT2D eigenvalue weighted by molar-refractivity contribution is -0.137. The van der Waals surface area contributed by atoms with Gasteiger partial charge in [-0.1, -0.05) is 0 Å². The average molecular weight is 463 g/mol. The van der Waals surface area contributed by atoms with Crippen LogP contribution in [-0.2, 0) is 13.2 Å². The van der Waals surface area contributed by atoms with Gasteiger partial charge in [0.15, 0.2) is 5.82 Å². The van der Waals surface area contributed by atoms with E-state index in [0.717, 1.165) is 34.5 Å². The van der Waals surface area contributed by atoms with Gasteiger partial charge in [0.05, 0.1) is 11.9 Å². The number of alkyl halides is 3. The Morgan fingerprint density at radius 3 is 2.39 bits per heavy atom. The molecule has 0 spiro atoms. The Kier molecular flexibility index (Phi) is 5.98. The SMILES string of the molecule is Cc1c(-c2ccnn2C)nnc(N2CCC(N(C)c3ncc(F)cc3C(F)(F)F)CC2)c1C. The van der Waals surface area contributed by atoms with Crippen LogP contribution in [-0.4, -0.2) is 51.1 Å². The highest BCUT2D eigenvalue weighted by Gasteiger charge is 2.37. The Hall–Kier alpha value is -3.24. The molecule has 0 saturated carbocycles. The van der Waals surface area contributed by atoms with Gasteiger partial charge in [-0.05, 0) is 49.9 Å². The van der Waals surface area contributed by atoms with E-state index in [1.807, 2.05) is 27.0 Å². The molecule has 0 unspecified atom stereocenters. The molecule has 0 atom stereocenters. The maximum absolute atomic E-state index is 13.4. The maximum atomic E-state index is 13.4. The van der Waals surface area contributed by atoms with Crippen LogP contribution in [0.3, 0.4) is 0 Å². The van der Waals surface area contributed by atoms with Gasteiger partial charge in [-0.15, -0.1) is 10.2 Å². The highest BCUT2D eigenvalue weighted by molar-refractivity contribution is 5.64. The molecule has 11 heteroatoms. The summed E-state index contributed by atoms with van der Waals surface area (Å²) < 4.78 is 55.4. The molecule has 0 N–H and O–H groups in total. The molecule has 4 rings (SSSR count). The molecule has 0 amide bonds. The molecule has 0 radical (unpaired) electrons. The third-order valence-electron chi connectivity index (χ3n) is 6.35. The third kappa shape index (κ3) is 4.36. The zero-order chi connectivity index (χ0) is 23.9. The Morgan fingerprint density at radius 1 is 1.09 bits per heavy atom. The first-order chi connectivity index (χ1) is 15.6. The van der Waals surface area contributed by atoms with Gasteiger partial charge in [-0.2, -0.15) is 18.3 Å². The van der Waals surface area contributed by atoms with Crippen LogP contribution in [0.4, 0.5) is 29.2 Å². The van der Waals surface area contributed by atoms with Gasteiger partial charge in [0.25, 0.3) is 0 Å². The number of rotatable bonds is 4. The van der Waals surface area contributed by atoms with E-state index >= 15 is 0 Å². The Morgan fingerprint density at radius 2 is 1.79 bits per heavy atom. The minimum Gasteiger partial charge on any atom is -0.356 e. The molecule has 1 saturated heterocycles. The highest BCUT2D eigenvalue weighted by Crippen LogP contribution is 2.37. The van der Waals surface area contributed by atoms with E-state index in [4.69, 9.17) is 0 Å². The molecule has 33 heavy (non-hydrogen) atoms. The lowest BCUT2D eigenvalue weighted by Crippen LogP contribution is -2.45. The van der Waals surface area contributed by atoms with Crippen molar-refractivity contribution in [2.45, 2.75) is 38.9 Å². The molecule has 4 heterocycles. The summed E-state index contributed by atoms with van der Waals surface area (Å²) in [5.41, 5.74) is 2.60. The first-order valence-electron chi connectivity index (χ1n) is 10.6. The lowest BCUT2D eigenvalue weighted by Gasteiger charge is -2.38. The molecule has 0 aliphatic carbocycles. The van der Waals surface area contributed by atoms with Crippen LogP contribution in [0, 0.1) is 19.7 Å². The van der Waals surface area contributed by atoms with E-state index < -0.39 is 17.6 Å². The molecule has 176 valence electrons. The minimum atomic E-state index is -4.68. The second-order valence-corrected chi connectivity index (χ2v) is 8.31. The number of halogens is 4. The van der Waals surface area contributed by atoms with Crippen molar-refractivity contribution >= 4 is 11.6 Å². The standard InChI is InChI=1S/C22H25F4N7/c1-13-14(2)20(30-29-19(13)18-5-8-28-32(18)4)33-9-6-16(7-10-33)31(3)21-17(22(24,25)26)11-15(23)12-27-21/h5,8,11-12,16H,6-7,9-10H2,1-4H3. The van der Waals surface area contributed by atoms with Crippen molar-refractivity contribution in [3.05, 3.63) is 47.0 Å². The largest absolute Gasteiger partial charge is 0.420 e. The Balaban J connectivity index is 1.51. The van der Waals surface area contributed by atoms with Gasteiger partial charge in [-0.25, -0.2) is 9.37 Å². The van der Waals surface area contributed by atoms with E-state index in [2.05, 4.69) is 25.2 Å².